The van der Waals surface area contributed by atoms with Gasteiger partial charge in [0.15, 0.2) is 5.69 Å². The summed E-state index contributed by atoms with van der Waals surface area (Å²) in [5, 5.41) is 2.12. The normalized spacial score (nSPS) is 15.9. The lowest BCUT2D eigenvalue weighted by atomic mass is 10.2. The number of nitrogens with two attached hydrogens (primary N) is 2. The Balaban J connectivity index is 1.89. The summed E-state index contributed by atoms with van der Waals surface area (Å²) in [7, 11) is 0. The van der Waals surface area contributed by atoms with E-state index in [0.717, 1.165) is 44.0 Å². The minimum atomic E-state index is -4.56. The van der Waals surface area contributed by atoms with Crippen LogP contribution >= 0.6 is 11.3 Å². The van der Waals surface area contributed by atoms with Crippen LogP contribution in [0.3, 0.4) is 0 Å². The molecule has 1 aliphatic heterocycles. The van der Waals surface area contributed by atoms with E-state index in [1.165, 1.54) is 6.07 Å². The molecule has 13 heteroatoms. The summed E-state index contributed by atoms with van der Waals surface area (Å²) in [6.45, 7) is -0.569. The summed E-state index contributed by atoms with van der Waals surface area (Å²) in [4.78, 5) is 22.2. The molecule has 1 aromatic carbocycles. The van der Waals surface area contributed by atoms with Crippen molar-refractivity contribution >= 4 is 28.1 Å². The molecule has 2 aromatic rings. The number of anilines is 1. The van der Waals surface area contributed by atoms with E-state index in [1.807, 2.05) is 0 Å². The van der Waals surface area contributed by atoms with Gasteiger partial charge in [-0.15, -0.1) is 0 Å². The van der Waals surface area contributed by atoms with Gasteiger partial charge in [-0.25, -0.2) is 13.8 Å². The molecule has 5 N–H and O–H groups in total. The van der Waals surface area contributed by atoms with Crippen molar-refractivity contribution in [3.8, 4) is 10.6 Å². The lowest BCUT2D eigenvalue weighted by Gasteiger charge is -2.26. The molecule has 0 bridgehead atoms. The molecule has 1 aromatic heterocycles. The number of halogens is 5. The predicted octanol–water partition coefficient (Wildman–Crippen LogP) is 4.04. The van der Waals surface area contributed by atoms with Crippen LogP contribution in [0.2, 0.25) is 0 Å². The van der Waals surface area contributed by atoms with E-state index in [9.17, 15) is 26.7 Å². The van der Waals surface area contributed by atoms with Crippen LogP contribution in [0.25, 0.3) is 10.6 Å². The van der Waals surface area contributed by atoms with Gasteiger partial charge < -0.3 is 21.7 Å². The van der Waals surface area contributed by atoms with E-state index >= 15 is 0 Å². The van der Waals surface area contributed by atoms with Crippen LogP contribution in [-0.2, 0) is 0 Å². The number of aromatic nitrogens is 1. The third-order valence-electron chi connectivity index (χ3n) is 5.01. The first-order valence-electron chi connectivity index (χ1n) is 10.4. The van der Waals surface area contributed by atoms with E-state index in [1.54, 1.807) is 4.90 Å². The van der Waals surface area contributed by atoms with Crippen molar-refractivity contribution in [1.29, 1.82) is 0 Å². The molecule has 1 fully saturated rings. The zero-order chi connectivity index (χ0) is 24.9. The molecule has 0 radical (unpaired) electrons. The Morgan fingerprint density at radius 3 is 2.35 bits per heavy atom. The van der Waals surface area contributed by atoms with Gasteiger partial charge >= 0.3 is 6.18 Å². The SMILES string of the molecule is NC=C(NC(=O)c1nc(-c2c(F)cccc2F)sc1N)C(=NCC(F)(F)F)N1CCCCCC1. The molecule has 1 amide bonds. The van der Waals surface area contributed by atoms with Gasteiger partial charge in [-0.05, 0) is 25.0 Å². The van der Waals surface area contributed by atoms with Crippen molar-refractivity contribution in [2.24, 2.45) is 10.7 Å². The first-order chi connectivity index (χ1) is 16.1. The predicted molar refractivity (Wildman–Crippen MR) is 120 cm³/mol. The number of carbonyl (C=O) groups is 1. The number of hydrogen-bond acceptors (Lipinski definition) is 6. The fourth-order valence-corrected chi connectivity index (χ4v) is 4.34. The molecular weight excluding hydrogens is 479 g/mol. The summed E-state index contributed by atoms with van der Waals surface area (Å²) in [5.74, 6) is -2.77. The first kappa shape index (κ1) is 25.4. The molecule has 2 heterocycles. The van der Waals surface area contributed by atoms with Crippen LogP contribution in [-0.4, -0.2) is 47.4 Å². The molecule has 3 rings (SSSR count). The number of nitrogen functional groups attached to an aromatic ring is 1. The van der Waals surface area contributed by atoms with Crippen LogP contribution in [0.15, 0.2) is 35.1 Å². The number of amidine groups is 1. The van der Waals surface area contributed by atoms with Gasteiger partial charge in [0.1, 0.15) is 34.0 Å². The number of aliphatic imine (C=N–C) groups is 1. The van der Waals surface area contributed by atoms with Gasteiger partial charge in [-0.3, -0.25) is 9.79 Å². The lowest BCUT2D eigenvalue weighted by molar-refractivity contribution is -0.118. The van der Waals surface area contributed by atoms with Gasteiger partial charge in [0.2, 0.25) is 0 Å². The van der Waals surface area contributed by atoms with Crippen molar-refractivity contribution < 1.29 is 26.7 Å². The fourth-order valence-electron chi connectivity index (χ4n) is 3.46. The number of alkyl halides is 3. The van der Waals surface area contributed by atoms with E-state index in [0.29, 0.717) is 24.4 Å². The molecule has 7 nitrogen and oxygen atoms in total. The smallest absolute Gasteiger partial charge is 0.403 e. The van der Waals surface area contributed by atoms with Crippen molar-refractivity contribution in [2.75, 3.05) is 25.4 Å². The van der Waals surface area contributed by atoms with Gasteiger partial charge in [0.25, 0.3) is 5.91 Å². The number of rotatable bonds is 5. The van der Waals surface area contributed by atoms with Gasteiger partial charge in [0, 0.05) is 19.3 Å². The third kappa shape index (κ3) is 6.22. The monoisotopic (exact) mass is 502 g/mol. The molecule has 1 saturated heterocycles. The van der Waals surface area contributed by atoms with Crippen LogP contribution in [0, 0.1) is 11.6 Å². The maximum absolute atomic E-state index is 14.1. The fraction of sp³-hybridized carbons (Fsp3) is 0.381. The highest BCUT2D eigenvalue weighted by molar-refractivity contribution is 7.19. The molecule has 0 spiro atoms. The number of likely N-dealkylation sites (tertiary alicyclic amines) is 1. The second-order valence-corrected chi connectivity index (χ2v) is 8.55. The Hall–Kier alpha value is -3.22. The number of benzene rings is 1. The molecule has 0 unspecified atom stereocenters. The maximum atomic E-state index is 14.1. The molecule has 0 saturated carbocycles. The first-order valence-corrected chi connectivity index (χ1v) is 11.2. The molecule has 0 aliphatic carbocycles. The summed E-state index contributed by atoms with van der Waals surface area (Å²) in [6.07, 6.45) is -0.290. The highest BCUT2D eigenvalue weighted by atomic mass is 32.1. The lowest BCUT2D eigenvalue weighted by Crippen LogP contribution is -2.40. The van der Waals surface area contributed by atoms with Gasteiger partial charge in [0.05, 0.1) is 11.3 Å². The average molecular weight is 503 g/mol. The number of amides is 1. The van der Waals surface area contributed by atoms with E-state index in [2.05, 4.69) is 15.3 Å². The Morgan fingerprint density at radius 1 is 1.18 bits per heavy atom. The van der Waals surface area contributed by atoms with Gasteiger partial charge in [-0.2, -0.15) is 13.2 Å². The average Bonchev–Trinajstić information content (AvgIpc) is 2.96. The summed E-state index contributed by atoms with van der Waals surface area (Å²) in [5.41, 5.74) is 10.6. The van der Waals surface area contributed by atoms with Crippen molar-refractivity contribution in [1.82, 2.24) is 15.2 Å². The Morgan fingerprint density at radius 2 is 1.79 bits per heavy atom. The maximum Gasteiger partial charge on any atom is 0.408 e. The van der Waals surface area contributed by atoms with Gasteiger partial charge in [-0.1, -0.05) is 30.2 Å². The quantitative estimate of drug-likeness (QED) is 0.325. The van der Waals surface area contributed by atoms with E-state index < -0.39 is 35.8 Å². The van der Waals surface area contributed by atoms with Crippen molar-refractivity contribution in [3.63, 3.8) is 0 Å². The Labute approximate surface area is 196 Å². The zero-order valence-electron chi connectivity index (χ0n) is 18.0. The standard InChI is InChI=1S/C21H23F5N6OS/c22-12-6-5-7-13(23)15(12)20-31-16(17(28)34-20)19(33)30-14(10-27)18(29-11-21(24,25)26)32-8-3-1-2-4-9-32/h5-7,10H,1-4,8-9,11,27-28H2,(H,30,33). The van der Waals surface area contributed by atoms with Crippen LogP contribution in [0.1, 0.15) is 36.2 Å². The topological polar surface area (TPSA) is 110 Å². The Bertz CT molecular complexity index is 1070. The second-order valence-electron chi connectivity index (χ2n) is 7.52. The molecule has 34 heavy (non-hydrogen) atoms. The molecule has 0 atom stereocenters. The second kappa shape index (κ2) is 10.8. The molecule has 184 valence electrons. The molecular formula is C21H23F5N6OS. The van der Waals surface area contributed by atoms with Crippen LogP contribution < -0.4 is 16.8 Å². The Kier molecular flexibility index (Phi) is 8.07. The number of nitrogens with one attached hydrogen (secondary N) is 1. The zero-order valence-corrected chi connectivity index (χ0v) is 18.8. The highest BCUT2D eigenvalue weighted by Crippen LogP contribution is 2.33. The highest BCUT2D eigenvalue weighted by Gasteiger charge is 2.29. The van der Waals surface area contributed by atoms with Crippen LogP contribution in [0.5, 0.6) is 0 Å². The van der Waals surface area contributed by atoms with Crippen LogP contribution in [0.4, 0.5) is 27.0 Å². The van der Waals surface area contributed by atoms with E-state index in [-0.39, 0.29) is 27.2 Å². The van der Waals surface area contributed by atoms with Crippen molar-refractivity contribution in [2.45, 2.75) is 31.9 Å². The van der Waals surface area contributed by atoms with Crippen molar-refractivity contribution in [3.05, 3.63) is 47.4 Å². The minimum absolute atomic E-state index is 0.107. The minimum Gasteiger partial charge on any atom is -0.403 e. The van der Waals surface area contributed by atoms with E-state index in [4.69, 9.17) is 11.5 Å². The third-order valence-corrected chi connectivity index (χ3v) is 5.92. The number of carbonyl (C=O) groups excluding carboxylic acids is 1. The number of hydrogen-bond donors (Lipinski definition) is 3. The number of thiazole rings is 1. The summed E-state index contributed by atoms with van der Waals surface area (Å²) in [6, 6.07) is 3.26. The molecule has 1 aliphatic rings. The summed E-state index contributed by atoms with van der Waals surface area (Å²) >= 11 is 0.697. The summed E-state index contributed by atoms with van der Waals surface area (Å²) < 4.78 is 66.9. The largest absolute Gasteiger partial charge is 0.408 e. The number of nitrogens with zero attached hydrogens (tertiary/aromatic N) is 3.